The number of nitrogens with one attached hydrogen (secondary N) is 1. The molecule has 0 aliphatic carbocycles. The first-order valence-corrected chi connectivity index (χ1v) is 6.62. The smallest absolute Gasteiger partial charge is 0.0597 e. The number of anilines is 1. The summed E-state index contributed by atoms with van der Waals surface area (Å²) in [5.41, 5.74) is 8.51. The van der Waals surface area contributed by atoms with Crippen LogP contribution in [0.4, 0.5) is 5.69 Å². The molecule has 16 heavy (non-hydrogen) atoms. The molecule has 1 aromatic carbocycles. The molecule has 0 saturated carbocycles. The minimum absolute atomic E-state index is 0.0683. The van der Waals surface area contributed by atoms with Crippen LogP contribution in [0.5, 0.6) is 0 Å². The van der Waals surface area contributed by atoms with Gasteiger partial charge in [-0.3, -0.25) is 0 Å². The topological polar surface area (TPSA) is 47.3 Å². The van der Waals surface area contributed by atoms with E-state index < -0.39 is 0 Å². The van der Waals surface area contributed by atoms with Crippen molar-refractivity contribution in [3.05, 3.63) is 23.8 Å². The second-order valence-electron chi connectivity index (χ2n) is 4.46. The lowest BCUT2D eigenvalue weighted by molar-refractivity contribution is -0.0550. The second-order valence-corrected chi connectivity index (χ2v) is 5.60. The van der Waals surface area contributed by atoms with Gasteiger partial charge in [0.25, 0.3) is 0 Å². The largest absolute Gasteiger partial charge is 0.383 e. The second kappa shape index (κ2) is 3.95. The quantitative estimate of drug-likeness (QED) is 0.815. The summed E-state index contributed by atoms with van der Waals surface area (Å²) in [6.45, 7) is 3.23. The Labute approximate surface area is 99.7 Å². The molecule has 3 rings (SSSR count). The van der Waals surface area contributed by atoms with Gasteiger partial charge >= 0.3 is 0 Å². The van der Waals surface area contributed by atoms with Crippen LogP contribution in [0.15, 0.2) is 23.1 Å². The molecule has 0 amide bonds. The normalized spacial score (nSPS) is 21.8. The number of nitrogens with two attached hydrogens (primary N) is 1. The summed E-state index contributed by atoms with van der Waals surface area (Å²) in [5.74, 6) is 1.15. The standard InChI is InChI=1S/C12H16N2OS/c13-6-12(7-15-8-12)9-1-2-11-10(5-9)14-3-4-16-11/h1-2,5,14H,3-4,6-8,13H2. The van der Waals surface area contributed by atoms with Crippen molar-refractivity contribution in [2.45, 2.75) is 10.3 Å². The fourth-order valence-corrected chi connectivity index (χ4v) is 3.10. The molecule has 2 heterocycles. The number of hydrogen-bond donors (Lipinski definition) is 2. The number of benzene rings is 1. The molecule has 0 atom stereocenters. The first-order chi connectivity index (χ1) is 7.84. The maximum absolute atomic E-state index is 5.87. The van der Waals surface area contributed by atoms with Gasteiger partial charge in [-0.15, -0.1) is 11.8 Å². The first-order valence-electron chi connectivity index (χ1n) is 5.63. The van der Waals surface area contributed by atoms with Crippen molar-refractivity contribution in [2.75, 3.05) is 37.4 Å². The summed E-state index contributed by atoms with van der Waals surface area (Å²) >= 11 is 1.92. The highest BCUT2D eigenvalue weighted by molar-refractivity contribution is 7.99. The Bertz CT molecular complexity index is 398. The van der Waals surface area contributed by atoms with E-state index in [0.29, 0.717) is 6.54 Å². The summed E-state index contributed by atoms with van der Waals surface area (Å²) in [6, 6.07) is 6.66. The highest BCUT2D eigenvalue weighted by atomic mass is 32.2. The van der Waals surface area contributed by atoms with E-state index in [9.17, 15) is 0 Å². The Kier molecular flexibility index (Phi) is 2.58. The minimum atomic E-state index is 0.0683. The van der Waals surface area contributed by atoms with Crippen LogP contribution in [0.2, 0.25) is 0 Å². The summed E-state index contributed by atoms with van der Waals surface area (Å²) in [6.07, 6.45) is 0. The third-order valence-electron chi connectivity index (χ3n) is 3.41. The third kappa shape index (κ3) is 1.52. The number of rotatable bonds is 2. The van der Waals surface area contributed by atoms with Gasteiger partial charge < -0.3 is 15.8 Å². The van der Waals surface area contributed by atoms with Gasteiger partial charge in [0, 0.05) is 29.4 Å². The fraction of sp³-hybridized carbons (Fsp3) is 0.500. The molecule has 0 unspecified atom stereocenters. The van der Waals surface area contributed by atoms with Crippen molar-refractivity contribution in [2.24, 2.45) is 5.73 Å². The van der Waals surface area contributed by atoms with E-state index >= 15 is 0 Å². The van der Waals surface area contributed by atoms with Gasteiger partial charge in [0.1, 0.15) is 0 Å². The van der Waals surface area contributed by atoms with Crippen LogP contribution in [0, 0.1) is 0 Å². The monoisotopic (exact) mass is 236 g/mol. The number of thioether (sulfide) groups is 1. The molecular weight excluding hydrogens is 220 g/mol. The van der Waals surface area contributed by atoms with Crippen LogP contribution in [-0.4, -0.2) is 32.1 Å². The first kappa shape index (κ1) is 10.4. The van der Waals surface area contributed by atoms with Gasteiger partial charge in [-0.25, -0.2) is 0 Å². The summed E-state index contributed by atoms with van der Waals surface area (Å²) in [5, 5.41) is 3.44. The molecule has 4 heteroatoms. The Morgan fingerprint density at radius 1 is 1.44 bits per heavy atom. The van der Waals surface area contributed by atoms with Gasteiger partial charge in [0.05, 0.1) is 18.6 Å². The predicted molar refractivity (Wildman–Crippen MR) is 67.2 cm³/mol. The molecule has 3 nitrogen and oxygen atoms in total. The van der Waals surface area contributed by atoms with Gasteiger partial charge in [0.2, 0.25) is 0 Å². The maximum atomic E-state index is 5.87. The highest BCUT2D eigenvalue weighted by Gasteiger charge is 2.39. The van der Waals surface area contributed by atoms with Crippen molar-refractivity contribution < 1.29 is 4.74 Å². The molecule has 0 bridgehead atoms. The van der Waals surface area contributed by atoms with E-state index in [-0.39, 0.29) is 5.41 Å². The van der Waals surface area contributed by atoms with E-state index in [1.54, 1.807) is 0 Å². The van der Waals surface area contributed by atoms with E-state index in [4.69, 9.17) is 10.5 Å². The molecule has 0 radical (unpaired) electrons. The molecule has 0 aromatic heterocycles. The van der Waals surface area contributed by atoms with Crippen LogP contribution >= 0.6 is 11.8 Å². The lowest BCUT2D eigenvalue weighted by Crippen LogP contribution is -2.52. The molecule has 1 aromatic rings. The average Bonchev–Trinajstić information content (AvgIpc) is 2.28. The highest BCUT2D eigenvalue weighted by Crippen LogP contribution is 2.37. The molecular formula is C12H16N2OS. The average molecular weight is 236 g/mol. The van der Waals surface area contributed by atoms with E-state index in [2.05, 4.69) is 23.5 Å². The van der Waals surface area contributed by atoms with Crippen LogP contribution in [0.1, 0.15) is 5.56 Å². The van der Waals surface area contributed by atoms with Crippen LogP contribution < -0.4 is 11.1 Å². The Balaban J connectivity index is 1.96. The lowest BCUT2D eigenvalue weighted by Gasteiger charge is -2.41. The third-order valence-corrected chi connectivity index (χ3v) is 4.49. The SMILES string of the molecule is NCC1(c2ccc3c(c2)NCCS3)COC1. The molecule has 2 aliphatic heterocycles. The van der Waals surface area contributed by atoms with Gasteiger partial charge in [0.15, 0.2) is 0 Å². The zero-order valence-corrected chi connectivity index (χ0v) is 9.98. The maximum Gasteiger partial charge on any atom is 0.0597 e. The Morgan fingerprint density at radius 2 is 2.31 bits per heavy atom. The van der Waals surface area contributed by atoms with Crippen molar-refractivity contribution in [3.63, 3.8) is 0 Å². The van der Waals surface area contributed by atoms with Gasteiger partial charge in [-0.1, -0.05) is 6.07 Å². The number of ether oxygens (including phenoxy) is 1. The van der Waals surface area contributed by atoms with Gasteiger partial charge in [-0.05, 0) is 17.7 Å². The zero-order valence-electron chi connectivity index (χ0n) is 9.16. The summed E-state index contributed by atoms with van der Waals surface area (Å²) in [7, 11) is 0. The number of fused-ring (bicyclic) bond motifs is 1. The molecule has 86 valence electrons. The van der Waals surface area contributed by atoms with Crippen LogP contribution in [0.25, 0.3) is 0 Å². The van der Waals surface area contributed by atoms with E-state index in [1.165, 1.54) is 16.1 Å². The van der Waals surface area contributed by atoms with Crippen LogP contribution in [-0.2, 0) is 10.2 Å². The predicted octanol–water partition coefficient (Wildman–Crippen LogP) is 1.43. The van der Waals surface area contributed by atoms with Gasteiger partial charge in [-0.2, -0.15) is 0 Å². The Morgan fingerprint density at radius 3 is 3.00 bits per heavy atom. The van der Waals surface area contributed by atoms with Crippen LogP contribution in [0.3, 0.4) is 0 Å². The lowest BCUT2D eigenvalue weighted by atomic mass is 9.78. The van der Waals surface area contributed by atoms with Crippen molar-refractivity contribution in [1.29, 1.82) is 0 Å². The minimum Gasteiger partial charge on any atom is -0.383 e. The van der Waals surface area contributed by atoms with Crippen molar-refractivity contribution in [3.8, 4) is 0 Å². The summed E-state index contributed by atoms with van der Waals surface area (Å²) in [4.78, 5) is 1.35. The molecule has 2 aliphatic rings. The number of hydrogen-bond acceptors (Lipinski definition) is 4. The van der Waals surface area contributed by atoms with E-state index in [1.807, 2.05) is 11.8 Å². The molecule has 0 spiro atoms. The fourth-order valence-electron chi connectivity index (χ4n) is 2.22. The molecule has 1 fully saturated rings. The summed E-state index contributed by atoms with van der Waals surface area (Å²) < 4.78 is 5.32. The Hall–Kier alpha value is -0.710. The van der Waals surface area contributed by atoms with E-state index in [0.717, 1.165) is 25.5 Å². The van der Waals surface area contributed by atoms with Crippen molar-refractivity contribution in [1.82, 2.24) is 0 Å². The molecule has 1 saturated heterocycles. The van der Waals surface area contributed by atoms with Crippen molar-refractivity contribution >= 4 is 17.4 Å². The zero-order chi connectivity index (χ0) is 11.0. The molecule has 3 N–H and O–H groups in total.